The fourth-order valence-corrected chi connectivity index (χ4v) is 2.65. The monoisotopic (exact) mass is 399 g/mol. The number of carbonyl (C=O) groups is 1. The fraction of sp³-hybridized carbons (Fsp3) is 0.133. The second-order valence-electron chi connectivity index (χ2n) is 4.47. The van der Waals surface area contributed by atoms with Crippen LogP contribution in [0.2, 0.25) is 5.02 Å². The van der Waals surface area contributed by atoms with E-state index < -0.39 is 10.9 Å². The second-order valence-corrected chi connectivity index (χ2v) is 5.73. The van der Waals surface area contributed by atoms with Crippen LogP contribution in [0.15, 0.2) is 40.9 Å². The average molecular weight is 401 g/mol. The van der Waals surface area contributed by atoms with Crippen molar-refractivity contribution in [3.05, 3.63) is 67.1 Å². The van der Waals surface area contributed by atoms with E-state index in [4.69, 9.17) is 21.1 Å². The number of nitrogens with zero attached hydrogens (tertiary/aromatic N) is 1. The Hall–Kier alpha value is -2.12. The summed E-state index contributed by atoms with van der Waals surface area (Å²) in [7, 11) is 1.55. The van der Waals surface area contributed by atoms with Crippen molar-refractivity contribution in [1.82, 2.24) is 0 Å². The minimum atomic E-state index is -0.656. The van der Waals surface area contributed by atoms with Crippen molar-refractivity contribution in [2.45, 2.75) is 6.61 Å². The summed E-state index contributed by atoms with van der Waals surface area (Å²) >= 11 is 9.23. The Morgan fingerprint density at radius 1 is 1.30 bits per heavy atom. The van der Waals surface area contributed by atoms with Gasteiger partial charge in [-0.05, 0) is 39.7 Å². The number of rotatable bonds is 5. The number of esters is 1. The van der Waals surface area contributed by atoms with Gasteiger partial charge in [0.15, 0.2) is 0 Å². The average Bonchev–Trinajstić information content (AvgIpc) is 2.52. The maximum atomic E-state index is 12.0. The molecule has 0 amide bonds. The molecule has 0 saturated heterocycles. The van der Waals surface area contributed by atoms with Crippen molar-refractivity contribution in [2.75, 3.05) is 7.11 Å². The number of carbonyl (C=O) groups excluding carboxylic acids is 1. The van der Waals surface area contributed by atoms with Gasteiger partial charge in [0, 0.05) is 12.1 Å². The molecule has 0 heterocycles. The smallest absolute Gasteiger partial charge is 0.339 e. The lowest BCUT2D eigenvalue weighted by atomic mass is 10.2. The van der Waals surface area contributed by atoms with Crippen molar-refractivity contribution >= 4 is 39.2 Å². The molecule has 0 radical (unpaired) electrons. The van der Waals surface area contributed by atoms with Crippen LogP contribution in [0, 0.1) is 10.1 Å². The SMILES string of the molecule is COc1ccc(COC(=O)c2ccc([N+](=O)[O-])cc2Cl)cc1Br. The molecule has 8 heteroatoms. The molecule has 0 unspecified atom stereocenters. The number of methoxy groups -OCH3 is 1. The van der Waals surface area contributed by atoms with Gasteiger partial charge in [0.05, 0.1) is 27.1 Å². The number of halogens is 2. The van der Waals surface area contributed by atoms with Gasteiger partial charge in [-0.15, -0.1) is 0 Å². The van der Waals surface area contributed by atoms with Crippen LogP contribution in [0.4, 0.5) is 5.69 Å². The van der Waals surface area contributed by atoms with E-state index in [1.165, 1.54) is 12.1 Å². The molecule has 2 aromatic carbocycles. The molecule has 0 aliphatic carbocycles. The van der Waals surface area contributed by atoms with Gasteiger partial charge < -0.3 is 9.47 Å². The first-order valence-corrected chi connectivity index (χ1v) is 7.53. The summed E-state index contributed by atoms with van der Waals surface area (Å²) in [5.74, 6) is 0.00956. The normalized spacial score (nSPS) is 10.2. The molecule has 0 aliphatic heterocycles. The molecule has 0 N–H and O–H groups in total. The second kappa shape index (κ2) is 7.43. The standard InChI is InChI=1S/C15H11BrClNO5/c1-22-14-5-2-9(6-12(14)16)8-23-15(19)11-4-3-10(18(20)21)7-13(11)17/h2-7H,8H2,1H3. The molecule has 23 heavy (non-hydrogen) atoms. The quantitative estimate of drug-likeness (QED) is 0.423. The summed E-state index contributed by atoms with van der Waals surface area (Å²) in [5.41, 5.74) is 0.638. The first-order valence-electron chi connectivity index (χ1n) is 6.36. The van der Waals surface area contributed by atoms with Gasteiger partial charge in [-0.3, -0.25) is 10.1 Å². The van der Waals surface area contributed by atoms with Crippen LogP contribution >= 0.6 is 27.5 Å². The zero-order valence-corrected chi connectivity index (χ0v) is 14.3. The van der Waals surface area contributed by atoms with Gasteiger partial charge in [0.1, 0.15) is 12.4 Å². The van der Waals surface area contributed by atoms with Crippen LogP contribution in [0.1, 0.15) is 15.9 Å². The Morgan fingerprint density at radius 3 is 2.61 bits per heavy atom. The van der Waals surface area contributed by atoms with Crippen LogP contribution in [0.5, 0.6) is 5.75 Å². The number of hydrogen-bond acceptors (Lipinski definition) is 5. The van der Waals surface area contributed by atoms with Gasteiger partial charge in [-0.25, -0.2) is 4.79 Å². The van der Waals surface area contributed by atoms with E-state index in [0.29, 0.717) is 5.75 Å². The summed E-state index contributed by atoms with van der Waals surface area (Å²) < 4.78 is 11.0. The Bertz CT molecular complexity index is 766. The first kappa shape index (κ1) is 17.2. The minimum Gasteiger partial charge on any atom is -0.496 e. The van der Waals surface area contributed by atoms with E-state index >= 15 is 0 Å². The third-order valence-corrected chi connectivity index (χ3v) is 3.90. The van der Waals surface area contributed by atoms with Gasteiger partial charge in [0.2, 0.25) is 0 Å². The maximum Gasteiger partial charge on any atom is 0.339 e. The molecule has 0 bridgehead atoms. The number of benzene rings is 2. The predicted octanol–water partition coefficient (Wildman–Crippen LogP) is 4.38. The molecule has 0 aliphatic rings. The molecule has 0 fully saturated rings. The Balaban J connectivity index is 2.08. The molecule has 2 rings (SSSR count). The van der Waals surface area contributed by atoms with Gasteiger partial charge >= 0.3 is 5.97 Å². The molecule has 6 nitrogen and oxygen atoms in total. The third kappa shape index (κ3) is 4.20. The summed E-state index contributed by atoms with van der Waals surface area (Å²) in [6, 6.07) is 8.85. The maximum absolute atomic E-state index is 12.0. The lowest BCUT2D eigenvalue weighted by Gasteiger charge is -2.08. The Kier molecular flexibility index (Phi) is 5.57. The summed E-state index contributed by atoms with van der Waals surface area (Å²) in [6.07, 6.45) is 0. The number of non-ortho nitro benzene ring substituents is 1. The predicted molar refractivity (Wildman–Crippen MR) is 87.9 cm³/mol. The molecule has 2 aromatic rings. The summed E-state index contributed by atoms with van der Waals surface area (Å²) in [5, 5.41) is 10.6. The van der Waals surface area contributed by atoms with E-state index in [1.807, 2.05) is 0 Å². The molecule has 0 atom stereocenters. The van der Waals surface area contributed by atoms with Gasteiger partial charge in [-0.1, -0.05) is 17.7 Å². The van der Waals surface area contributed by atoms with Crippen molar-refractivity contribution < 1.29 is 19.2 Å². The number of nitro groups is 1. The Labute approximate surface area is 145 Å². The van der Waals surface area contributed by atoms with Crippen LogP contribution in [-0.4, -0.2) is 18.0 Å². The molecule has 0 saturated carbocycles. The van der Waals surface area contributed by atoms with Crippen molar-refractivity contribution in [1.29, 1.82) is 0 Å². The van der Waals surface area contributed by atoms with Gasteiger partial charge in [0.25, 0.3) is 5.69 Å². The first-order chi connectivity index (χ1) is 10.9. The van der Waals surface area contributed by atoms with Crippen LogP contribution < -0.4 is 4.74 Å². The van der Waals surface area contributed by atoms with Crippen LogP contribution in [-0.2, 0) is 11.3 Å². The lowest BCUT2D eigenvalue weighted by molar-refractivity contribution is -0.384. The zero-order chi connectivity index (χ0) is 17.0. The van der Waals surface area contributed by atoms with E-state index in [1.54, 1.807) is 25.3 Å². The summed E-state index contributed by atoms with van der Waals surface area (Å²) in [6.45, 7) is 0.0365. The van der Waals surface area contributed by atoms with E-state index in [2.05, 4.69) is 15.9 Å². The highest BCUT2D eigenvalue weighted by Gasteiger charge is 2.16. The number of hydrogen-bond donors (Lipinski definition) is 0. The minimum absolute atomic E-state index is 0.0277. The highest BCUT2D eigenvalue weighted by Crippen LogP contribution is 2.26. The summed E-state index contributed by atoms with van der Waals surface area (Å²) in [4.78, 5) is 22.1. The highest BCUT2D eigenvalue weighted by molar-refractivity contribution is 9.10. The topological polar surface area (TPSA) is 78.7 Å². The molecule has 0 aromatic heterocycles. The van der Waals surface area contributed by atoms with Gasteiger partial charge in [-0.2, -0.15) is 0 Å². The van der Waals surface area contributed by atoms with Crippen molar-refractivity contribution in [3.8, 4) is 5.75 Å². The third-order valence-electron chi connectivity index (χ3n) is 2.97. The molecule has 0 spiro atoms. The molecular formula is C15H11BrClNO5. The highest BCUT2D eigenvalue weighted by atomic mass is 79.9. The van der Waals surface area contributed by atoms with E-state index in [9.17, 15) is 14.9 Å². The van der Waals surface area contributed by atoms with Crippen LogP contribution in [0.3, 0.4) is 0 Å². The van der Waals surface area contributed by atoms with E-state index in [0.717, 1.165) is 16.1 Å². The van der Waals surface area contributed by atoms with Crippen LogP contribution in [0.25, 0.3) is 0 Å². The Morgan fingerprint density at radius 2 is 2.04 bits per heavy atom. The van der Waals surface area contributed by atoms with Crippen molar-refractivity contribution in [2.24, 2.45) is 0 Å². The largest absolute Gasteiger partial charge is 0.496 e. The number of ether oxygens (including phenoxy) is 2. The molecular weight excluding hydrogens is 390 g/mol. The van der Waals surface area contributed by atoms with Crippen molar-refractivity contribution in [3.63, 3.8) is 0 Å². The lowest BCUT2D eigenvalue weighted by Crippen LogP contribution is -2.06. The zero-order valence-electron chi connectivity index (χ0n) is 11.9. The number of nitro benzene ring substituents is 1. The fourth-order valence-electron chi connectivity index (χ4n) is 1.81. The van der Waals surface area contributed by atoms with E-state index in [-0.39, 0.29) is 22.9 Å². The molecule has 120 valence electrons.